The standard InChI is InChI=1S/C9H5Cl3O2/c10-5-8(11)14-7-3-1-2-6(4-7)9(12)13/h1-5H. The Morgan fingerprint density at radius 2 is 2.07 bits per heavy atom. The largest absolute Gasteiger partial charge is 0.444 e. The second-order valence-corrected chi connectivity index (χ2v) is 3.25. The van der Waals surface area contributed by atoms with Gasteiger partial charge < -0.3 is 4.74 Å². The van der Waals surface area contributed by atoms with E-state index in [9.17, 15) is 4.79 Å². The van der Waals surface area contributed by atoms with Crippen molar-refractivity contribution >= 4 is 40.0 Å². The normalized spacial score (nSPS) is 11.2. The van der Waals surface area contributed by atoms with E-state index in [1.165, 1.54) is 6.07 Å². The molecule has 0 spiro atoms. The third kappa shape index (κ3) is 3.22. The first-order valence-electron chi connectivity index (χ1n) is 3.57. The maximum absolute atomic E-state index is 10.8. The summed E-state index contributed by atoms with van der Waals surface area (Å²) in [5, 5.41) is -0.535. The second-order valence-electron chi connectivity index (χ2n) is 2.32. The van der Waals surface area contributed by atoms with E-state index in [0.717, 1.165) is 5.54 Å². The van der Waals surface area contributed by atoms with E-state index in [1.807, 2.05) is 0 Å². The summed E-state index contributed by atoms with van der Waals surface area (Å²) in [6, 6.07) is 6.30. The Kier molecular flexibility index (Phi) is 4.26. The molecular weight excluding hydrogens is 246 g/mol. The fraction of sp³-hybridized carbons (Fsp3) is 0. The van der Waals surface area contributed by atoms with Crippen LogP contribution in [-0.2, 0) is 0 Å². The van der Waals surface area contributed by atoms with Gasteiger partial charge in [0.25, 0.3) is 5.24 Å². The number of hydrogen-bond acceptors (Lipinski definition) is 2. The van der Waals surface area contributed by atoms with Crippen LogP contribution in [0.3, 0.4) is 0 Å². The lowest BCUT2D eigenvalue weighted by Crippen LogP contribution is -1.91. The van der Waals surface area contributed by atoms with Gasteiger partial charge in [-0.05, 0) is 41.4 Å². The number of halogens is 3. The van der Waals surface area contributed by atoms with Gasteiger partial charge >= 0.3 is 0 Å². The topological polar surface area (TPSA) is 26.3 Å². The minimum Gasteiger partial charge on any atom is -0.444 e. The van der Waals surface area contributed by atoms with E-state index < -0.39 is 5.24 Å². The summed E-state index contributed by atoms with van der Waals surface area (Å²) in [7, 11) is 0. The van der Waals surface area contributed by atoms with Gasteiger partial charge in [-0.25, -0.2) is 0 Å². The van der Waals surface area contributed by atoms with E-state index in [0.29, 0.717) is 11.3 Å². The molecule has 0 aliphatic carbocycles. The molecular formula is C9H5Cl3O2. The quantitative estimate of drug-likeness (QED) is 0.604. The molecule has 0 heterocycles. The highest BCUT2D eigenvalue weighted by Gasteiger charge is 2.03. The summed E-state index contributed by atoms with van der Waals surface area (Å²) < 4.78 is 5.04. The Labute approximate surface area is 96.0 Å². The molecule has 14 heavy (non-hydrogen) atoms. The summed E-state index contributed by atoms with van der Waals surface area (Å²) in [6.07, 6.45) is 0. The summed E-state index contributed by atoms with van der Waals surface area (Å²) in [6.45, 7) is 0. The van der Waals surface area contributed by atoms with Crippen LogP contribution in [0.4, 0.5) is 0 Å². The third-order valence-electron chi connectivity index (χ3n) is 1.36. The van der Waals surface area contributed by atoms with Crippen molar-refractivity contribution in [2.24, 2.45) is 0 Å². The molecule has 0 radical (unpaired) electrons. The minimum absolute atomic E-state index is 0.0193. The lowest BCUT2D eigenvalue weighted by molar-refractivity contribution is 0.108. The smallest absolute Gasteiger partial charge is 0.252 e. The zero-order valence-corrected chi connectivity index (χ0v) is 9.10. The molecule has 2 nitrogen and oxygen atoms in total. The predicted molar refractivity (Wildman–Crippen MR) is 57.0 cm³/mol. The highest BCUT2D eigenvalue weighted by atomic mass is 35.5. The van der Waals surface area contributed by atoms with Crippen molar-refractivity contribution < 1.29 is 9.53 Å². The van der Waals surface area contributed by atoms with Crippen LogP contribution < -0.4 is 4.74 Å². The van der Waals surface area contributed by atoms with E-state index in [1.54, 1.807) is 18.2 Å². The first-order valence-corrected chi connectivity index (χ1v) is 4.76. The van der Waals surface area contributed by atoms with Crippen molar-refractivity contribution in [2.75, 3.05) is 0 Å². The van der Waals surface area contributed by atoms with Gasteiger partial charge in [-0.1, -0.05) is 17.7 Å². The predicted octanol–water partition coefficient (Wildman–Crippen LogP) is 3.72. The fourth-order valence-electron chi connectivity index (χ4n) is 0.817. The lowest BCUT2D eigenvalue weighted by atomic mass is 10.2. The number of rotatable bonds is 3. The molecule has 0 aliphatic rings. The molecule has 0 N–H and O–H groups in total. The molecule has 0 unspecified atom stereocenters. The van der Waals surface area contributed by atoms with Gasteiger partial charge in [0, 0.05) is 5.56 Å². The van der Waals surface area contributed by atoms with Gasteiger partial charge in [0.05, 0.1) is 5.54 Å². The van der Waals surface area contributed by atoms with Gasteiger partial charge in [0.2, 0.25) is 5.22 Å². The third-order valence-corrected chi connectivity index (χ3v) is 2.08. The molecule has 0 aliphatic heterocycles. The maximum atomic E-state index is 10.8. The Morgan fingerprint density at radius 1 is 1.36 bits per heavy atom. The van der Waals surface area contributed by atoms with Crippen molar-refractivity contribution in [3.05, 3.63) is 40.6 Å². The second kappa shape index (κ2) is 5.25. The van der Waals surface area contributed by atoms with Crippen molar-refractivity contribution in [2.45, 2.75) is 0 Å². The van der Waals surface area contributed by atoms with Crippen LogP contribution in [0.15, 0.2) is 35.0 Å². The first kappa shape index (κ1) is 11.4. The van der Waals surface area contributed by atoms with Crippen molar-refractivity contribution in [1.29, 1.82) is 0 Å². The molecule has 0 saturated carbocycles. The van der Waals surface area contributed by atoms with Gasteiger partial charge in [0.15, 0.2) is 0 Å². The number of ether oxygens (including phenoxy) is 1. The molecule has 0 amide bonds. The average Bonchev–Trinajstić information content (AvgIpc) is 2.18. The van der Waals surface area contributed by atoms with Crippen LogP contribution in [0.1, 0.15) is 10.4 Å². The molecule has 0 aromatic heterocycles. The van der Waals surface area contributed by atoms with Crippen LogP contribution in [0, 0.1) is 0 Å². The van der Waals surface area contributed by atoms with Gasteiger partial charge in [0.1, 0.15) is 5.75 Å². The van der Waals surface area contributed by atoms with E-state index in [-0.39, 0.29) is 5.22 Å². The summed E-state index contributed by atoms with van der Waals surface area (Å²) >= 11 is 16.1. The number of hydrogen-bond donors (Lipinski definition) is 0. The van der Waals surface area contributed by atoms with Crippen LogP contribution in [0.5, 0.6) is 5.75 Å². The summed E-state index contributed by atoms with van der Waals surface area (Å²) in [5.74, 6) is 0.401. The SMILES string of the molecule is O=C(Cl)c1cccc(OC(Cl)=CCl)c1. The molecule has 0 fully saturated rings. The molecule has 1 aromatic carbocycles. The first-order chi connectivity index (χ1) is 6.63. The van der Waals surface area contributed by atoms with Crippen molar-refractivity contribution in [3.8, 4) is 5.75 Å². The Hall–Kier alpha value is -0.700. The molecule has 5 heteroatoms. The zero-order chi connectivity index (χ0) is 10.6. The van der Waals surface area contributed by atoms with Gasteiger partial charge in [-0.2, -0.15) is 0 Å². The molecule has 0 bridgehead atoms. The van der Waals surface area contributed by atoms with Crippen molar-refractivity contribution in [3.63, 3.8) is 0 Å². The highest BCUT2D eigenvalue weighted by molar-refractivity contribution is 6.67. The minimum atomic E-state index is -0.554. The lowest BCUT2D eigenvalue weighted by Gasteiger charge is -2.03. The summed E-state index contributed by atoms with van der Waals surface area (Å²) in [5.41, 5.74) is 1.42. The van der Waals surface area contributed by atoms with E-state index in [2.05, 4.69) is 0 Å². The van der Waals surface area contributed by atoms with Crippen LogP contribution >= 0.6 is 34.8 Å². The molecule has 0 saturated heterocycles. The van der Waals surface area contributed by atoms with Crippen molar-refractivity contribution in [1.82, 2.24) is 0 Å². The number of carbonyl (C=O) groups excluding carboxylic acids is 1. The maximum Gasteiger partial charge on any atom is 0.252 e. The number of carbonyl (C=O) groups is 1. The zero-order valence-electron chi connectivity index (χ0n) is 6.84. The van der Waals surface area contributed by atoms with E-state index >= 15 is 0 Å². The average molecular weight is 251 g/mol. The highest BCUT2D eigenvalue weighted by Crippen LogP contribution is 2.19. The van der Waals surface area contributed by atoms with Crippen LogP contribution in [-0.4, -0.2) is 5.24 Å². The monoisotopic (exact) mass is 250 g/mol. The molecule has 74 valence electrons. The number of benzene rings is 1. The van der Waals surface area contributed by atoms with Gasteiger partial charge in [-0.15, -0.1) is 0 Å². The summed E-state index contributed by atoms with van der Waals surface area (Å²) in [4.78, 5) is 10.8. The molecule has 1 rings (SSSR count). The Bertz CT molecular complexity index is 374. The molecule has 1 aromatic rings. The van der Waals surface area contributed by atoms with Crippen LogP contribution in [0.25, 0.3) is 0 Å². The van der Waals surface area contributed by atoms with Gasteiger partial charge in [-0.3, -0.25) is 4.79 Å². The molecule has 0 atom stereocenters. The Balaban J connectivity index is 2.89. The van der Waals surface area contributed by atoms with Crippen LogP contribution in [0.2, 0.25) is 0 Å². The van der Waals surface area contributed by atoms with E-state index in [4.69, 9.17) is 39.5 Å². The Morgan fingerprint density at radius 3 is 2.64 bits per heavy atom. The fourth-order valence-corrected chi connectivity index (χ4v) is 1.07.